The monoisotopic (exact) mass is 219 g/mol. The number of rotatable bonds is 2. The molecule has 4 nitrogen and oxygen atoms in total. The van der Waals surface area contributed by atoms with Crippen LogP contribution in [0, 0.1) is 0 Å². The molecule has 0 aliphatic heterocycles. The maximum absolute atomic E-state index is 11.0. The van der Waals surface area contributed by atoms with Crippen molar-refractivity contribution in [2.75, 3.05) is 6.61 Å². The van der Waals surface area contributed by atoms with Crippen molar-refractivity contribution in [1.82, 2.24) is 4.98 Å². The fourth-order valence-corrected chi connectivity index (χ4v) is 2.42. The Bertz CT molecular complexity index is 572. The number of hydrogen-bond donors (Lipinski definition) is 2. The molecule has 1 aliphatic carbocycles. The molecule has 4 heteroatoms. The van der Waals surface area contributed by atoms with Crippen LogP contribution in [0.5, 0.6) is 0 Å². The number of benzene rings is 1. The molecule has 1 aromatic heterocycles. The Labute approximate surface area is 91.9 Å². The maximum Gasteiger partial charge on any atom is 0.417 e. The van der Waals surface area contributed by atoms with Crippen LogP contribution in [-0.4, -0.2) is 16.7 Å². The summed E-state index contributed by atoms with van der Waals surface area (Å²) in [5.41, 5.74) is 2.24. The van der Waals surface area contributed by atoms with Crippen LogP contribution in [0.2, 0.25) is 0 Å². The van der Waals surface area contributed by atoms with E-state index in [-0.39, 0.29) is 12.0 Å². The van der Waals surface area contributed by atoms with E-state index in [1.807, 2.05) is 18.2 Å². The number of aliphatic hydroxyl groups excluding tert-OH is 1. The standard InChI is InChI=1S/C12H13NO3/c14-7-12(4-1-5-12)8-2-3-9-10(6-8)16-11(15)13-9/h2-3,6,14H,1,4-5,7H2,(H,13,15). The predicted octanol–water partition coefficient (Wildman–Crippen LogP) is 1.54. The van der Waals surface area contributed by atoms with Crippen molar-refractivity contribution in [3.05, 3.63) is 34.3 Å². The Balaban J connectivity index is 2.14. The third-order valence-corrected chi connectivity index (χ3v) is 3.65. The van der Waals surface area contributed by atoms with Crippen molar-refractivity contribution >= 4 is 11.1 Å². The summed E-state index contributed by atoms with van der Waals surface area (Å²) in [5, 5.41) is 9.47. The highest BCUT2D eigenvalue weighted by atomic mass is 16.4. The first-order chi connectivity index (χ1) is 7.73. The van der Waals surface area contributed by atoms with Crippen molar-refractivity contribution in [1.29, 1.82) is 0 Å². The largest absolute Gasteiger partial charge is 0.417 e. The molecule has 0 spiro atoms. The SMILES string of the molecule is O=c1[nH]c2ccc(C3(CO)CCC3)cc2o1. The molecular formula is C12H13NO3. The maximum atomic E-state index is 11.0. The minimum absolute atomic E-state index is 0.107. The summed E-state index contributed by atoms with van der Waals surface area (Å²) in [6.45, 7) is 0.160. The Morgan fingerprint density at radius 2 is 2.25 bits per heavy atom. The first-order valence-corrected chi connectivity index (χ1v) is 5.48. The molecule has 0 radical (unpaired) electrons. The third kappa shape index (κ3) is 1.23. The van der Waals surface area contributed by atoms with Crippen LogP contribution >= 0.6 is 0 Å². The average molecular weight is 219 g/mol. The first-order valence-electron chi connectivity index (χ1n) is 5.48. The molecule has 1 saturated carbocycles. The fourth-order valence-electron chi connectivity index (χ4n) is 2.42. The molecule has 1 aromatic carbocycles. The number of aliphatic hydroxyl groups is 1. The summed E-state index contributed by atoms with van der Waals surface area (Å²) in [6.07, 6.45) is 3.16. The van der Waals surface area contributed by atoms with Crippen LogP contribution in [-0.2, 0) is 5.41 Å². The van der Waals surface area contributed by atoms with E-state index in [1.54, 1.807) is 0 Å². The van der Waals surface area contributed by atoms with Gasteiger partial charge in [0.2, 0.25) is 0 Å². The molecule has 0 unspecified atom stereocenters. The van der Waals surface area contributed by atoms with Crippen molar-refractivity contribution in [2.45, 2.75) is 24.7 Å². The summed E-state index contributed by atoms with van der Waals surface area (Å²) >= 11 is 0. The molecule has 3 rings (SSSR count). The summed E-state index contributed by atoms with van der Waals surface area (Å²) in [4.78, 5) is 13.6. The molecule has 1 fully saturated rings. The van der Waals surface area contributed by atoms with E-state index in [0.717, 1.165) is 24.8 Å². The van der Waals surface area contributed by atoms with Crippen molar-refractivity contribution in [3.63, 3.8) is 0 Å². The molecule has 16 heavy (non-hydrogen) atoms. The summed E-state index contributed by atoms with van der Waals surface area (Å²) in [6, 6.07) is 5.66. The van der Waals surface area contributed by atoms with Gasteiger partial charge in [0.25, 0.3) is 0 Å². The van der Waals surface area contributed by atoms with Gasteiger partial charge in [0.15, 0.2) is 5.58 Å². The van der Waals surface area contributed by atoms with Gasteiger partial charge in [0.1, 0.15) is 0 Å². The van der Waals surface area contributed by atoms with E-state index < -0.39 is 5.76 Å². The Morgan fingerprint density at radius 1 is 1.44 bits per heavy atom. The van der Waals surface area contributed by atoms with Crippen LogP contribution in [0.1, 0.15) is 24.8 Å². The zero-order valence-corrected chi connectivity index (χ0v) is 8.82. The molecule has 0 amide bonds. The van der Waals surface area contributed by atoms with Crippen LogP contribution in [0.15, 0.2) is 27.4 Å². The summed E-state index contributed by atoms with van der Waals surface area (Å²) in [7, 11) is 0. The minimum atomic E-state index is -0.432. The molecule has 84 valence electrons. The van der Waals surface area contributed by atoms with E-state index >= 15 is 0 Å². The second-order valence-electron chi connectivity index (χ2n) is 4.52. The smallest absolute Gasteiger partial charge is 0.408 e. The molecule has 0 saturated heterocycles. The number of hydrogen-bond acceptors (Lipinski definition) is 3. The van der Waals surface area contributed by atoms with Crippen LogP contribution < -0.4 is 5.76 Å². The fraction of sp³-hybridized carbons (Fsp3) is 0.417. The lowest BCUT2D eigenvalue weighted by Crippen LogP contribution is -2.37. The van der Waals surface area contributed by atoms with Gasteiger partial charge in [0.05, 0.1) is 12.1 Å². The van der Waals surface area contributed by atoms with E-state index in [9.17, 15) is 9.90 Å². The zero-order valence-electron chi connectivity index (χ0n) is 8.82. The van der Waals surface area contributed by atoms with Gasteiger partial charge in [-0.3, -0.25) is 4.98 Å². The van der Waals surface area contributed by atoms with Gasteiger partial charge in [-0.1, -0.05) is 12.5 Å². The van der Waals surface area contributed by atoms with E-state index in [4.69, 9.17) is 4.42 Å². The van der Waals surface area contributed by atoms with Crippen molar-refractivity contribution < 1.29 is 9.52 Å². The second-order valence-corrected chi connectivity index (χ2v) is 4.52. The average Bonchev–Trinajstić information content (AvgIpc) is 2.56. The number of aromatic nitrogens is 1. The van der Waals surface area contributed by atoms with Crippen LogP contribution in [0.4, 0.5) is 0 Å². The lowest BCUT2D eigenvalue weighted by molar-refractivity contribution is 0.120. The lowest BCUT2D eigenvalue weighted by atomic mass is 9.65. The lowest BCUT2D eigenvalue weighted by Gasteiger charge is -2.40. The molecule has 2 N–H and O–H groups in total. The first kappa shape index (κ1) is 9.66. The summed E-state index contributed by atoms with van der Waals surface area (Å²) in [5.74, 6) is -0.432. The minimum Gasteiger partial charge on any atom is -0.408 e. The molecule has 0 bridgehead atoms. The summed E-state index contributed by atoms with van der Waals surface area (Å²) < 4.78 is 5.02. The Hall–Kier alpha value is -1.55. The van der Waals surface area contributed by atoms with Crippen LogP contribution in [0.3, 0.4) is 0 Å². The number of nitrogens with one attached hydrogen (secondary N) is 1. The van der Waals surface area contributed by atoms with E-state index in [1.165, 1.54) is 0 Å². The molecule has 1 heterocycles. The normalized spacial score (nSPS) is 18.6. The third-order valence-electron chi connectivity index (χ3n) is 3.65. The van der Waals surface area contributed by atoms with Gasteiger partial charge in [-0.15, -0.1) is 0 Å². The number of H-pyrrole nitrogens is 1. The second kappa shape index (κ2) is 3.22. The molecular weight excluding hydrogens is 206 g/mol. The number of fused-ring (bicyclic) bond motifs is 1. The van der Waals surface area contributed by atoms with Crippen molar-refractivity contribution in [2.24, 2.45) is 0 Å². The Kier molecular flexibility index (Phi) is 1.94. The molecule has 0 atom stereocenters. The van der Waals surface area contributed by atoms with Gasteiger partial charge in [-0.25, -0.2) is 4.79 Å². The highest BCUT2D eigenvalue weighted by Crippen LogP contribution is 2.43. The Morgan fingerprint density at radius 3 is 2.88 bits per heavy atom. The highest BCUT2D eigenvalue weighted by molar-refractivity contribution is 5.73. The number of oxazole rings is 1. The zero-order chi connectivity index (χ0) is 11.2. The van der Waals surface area contributed by atoms with Crippen LogP contribution in [0.25, 0.3) is 11.1 Å². The van der Waals surface area contributed by atoms with Gasteiger partial charge in [-0.05, 0) is 30.5 Å². The molecule has 1 aliphatic rings. The number of aromatic amines is 1. The van der Waals surface area contributed by atoms with Gasteiger partial charge >= 0.3 is 5.76 Å². The van der Waals surface area contributed by atoms with Gasteiger partial charge < -0.3 is 9.52 Å². The van der Waals surface area contributed by atoms with Crippen molar-refractivity contribution in [3.8, 4) is 0 Å². The predicted molar refractivity (Wildman–Crippen MR) is 59.4 cm³/mol. The van der Waals surface area contributed by atoms with Gasteiger partial charge in [0, 0.05) is 5.41 Å². The van der Waals surface area contributed by atoms with E-state index in [0.29, 0.717) is 11.1 Å². The topological polar surface area (TPSA) is 66.2 Å². The highest BCUT2D eigenvalue weighted by Gasteiger charge is 2.38. The van der Waals surface area contributed by atoms with Gasteiger partial charge in [-0.2, -0.15) is 0 Å². The molecule has 2 aromatic rings. The quantitative estimate of drug-likeness (QED) is 0.805. The van der Waals surface area contributed by atoms with E-state index in [2.05, 4.69) is 4.98 Å².